The van der Waals surface area contributed by atoms with Crippen LogP contribution in [-0.2, 0) is 4.84 Å². The Morgan fingerprint density at radius 2 is 1.74 bits per heavy atom. The quantitative estimate of drug-likeness (QED) is 0.787. The molecule has 19 heavy (non-hydrogen) atoms. The number of hydrogen-bond acceptors (Lipinski definition) is 2. The van der Waals surface area contributed by atoms with E-state index in [0.29, 0.717) is 0 Å². The molecule has 0 saturated carbocycles. The van der Waals surface area contributed by atoms with Gasteiger partial charge < -0.3 is 4.84 Å². The molecule has 2 aromatic carbocycles. The van der Waals surface area contributed by atoms with Crippen molar-refractivity contribution in [3.05, 3.63) is 70.2 Å². The molecule has 0 N–H and O–H groups in total. The van der Waals surface area contributed by atoms with Crippen LogP contribution in [0.4, 0.5) is 0 Å². The molecular weight excluding hydrogens is 258 g/mol. The fourth-order valence-corrected chi connectivity index (χ4v) is 2.28. The maximum absolute atomic E-state index is 5.89. The van der Waals surface area contributed by atoms with E-state index in [2.05, 4.69) is 36.3 Å². The molecular formula is C16H14ClNO. The second-order valence-electron chi connectivity index (χ2n) is 4.75. The van der Waals surface area contributed by atoms with Gasteiger partial charge >= 0.3 is 0 Å². The van der Waals surface area contributed by atoms with E-state index in [0.717, 1.165) is 22.7 Å². The van der Waals surface area contributed by atoms with E-state index in [-0.39, 0.29) is 6.10 Å². The smallest absolute Gasteiger partial charge is 0.158 e. The minimum absolute atomic E-state index is 0.0197. The first kappa shape index (κ1) is 12.2. The molecule has 0 bridgehead atoms. The summed E-state index contributed by atoms with van der Waals surface area (Å²) in [5, 5.41) is 4.92. The molecule has 96 valence electrons. The third kappa shape index (κ3) is 2.64. The zero-order valence-corrected chi connectivity index (χ0v) is 11.4. The second kappa shape index (κ2) is 5.06. The summed E-state index contributed by atoms with van der Waals surface area (Å²) in [5.74, 6) is 0. The van der Waals surface area contributed by atoms with Gasteiger partial charge in [-0.15, -0.1) is 0 Å². The van der Waals surface area contributed by atoms with Gasteiger partial charge in [-0.25, -0.2) is 0 Å². The first-order valence-electron chi connectivity index (χ1n) is 6.27. The lowest BCUT2D eigenvalue weighted by Gasteiger charge is -2.08. The fraction of sp³-hybridized carbons (Fsp3) is 0.188. The lowest BCUT2D eigenvalue weighted by atomic mass is 10.00. The van der Waals surface area contributed by atoms with Crippen molar-refractivity contribution < 1.29 is 4.84 Å². The first-order chi connectivity index (χ1) is 9.22. The Hall–Kier alpha value is -1.80. The molecule has 1 aliphatic rings. The van der Waals surface area contributed by atoms with Gasteiger partial charge in [0.2, 0.25) is 0 Å². The minimum Gasteiger partial charge on any atom is -0.387 e. The van der Waals surface area contributed by atoms with Gasteiger partial charge in [0.15, 0.2) is 6.10 Å². The maximum atomic E-state index is 5.89. The van der Waals surface area contributed by atoms with E-state index in [1.54, 1.807) is 0 Å². The third-order valence-corrected chi connectivity index (χ3v) is 3.55. The topological polar surface area (TPSA) is 21.6 Å². The molecule has 3 rings (SSSR count). The Balaban J connectivity index is 1.76. The van der Waals surface area contributed by atoms with Gasteiger partial charge in [-0.2, -0.15) is 0 Å². The molecule has 0 amide bonds. The average Bonchev–Trinajstić information content (AvgIpc) is 2.90. The van der Waals surface area contributed by atoms with Crippen molar-refractivity contribution in [1.29, 1.82) is 0 Å². The van der Waals surface area contributed by atoms with Crippen LogP contribution in [0, 0.1) is 6.92 Å². The number of halogens is 1. The maximum Gasteiger partial charge on any atom is 0.158 e. The highest BCUT2D eigenvalue weighted by atomic mass is 35.5. The van der Waals surface area contributed by atoms with Crippen LogP contribution in [-0.4, -0.2) is 5.71 Å². The first-order valence-corrected chi connectivity index (χ1v) is 6.65. The number of rotatable bonds is 2. The van der Waals surface area contributed by atoms with Crippen molar-refractivity contribution in [1.82, 2.24) is 0 Å². The number of hydrogen-bond donors (Lipinski definition) is 0. The Morgan fingerprint density at radius 3 is 2.42 bits per heavy atom. The van der Waals surface area contributed by atoms with Crippen LogP contribution in [0.5, 0.6) is 0 Å². The molecule has 0 aromatic heterocycles. The Bertz CT molecular complexity index is 602. The predicted octanol–water partition coefficient (Wildman–Crippen LogP) is 4.51. The highest BCUT2D eigenvalue weighted by Gasteiger charge is 2.23. The molecule has 1 aliphatic heterocycles. The SMILES string of the molecule is Cc1ccc(C2CC(c3ccc(Cl)cc3)=NO2)cc1. The van der Waals surface area contributed by atoms with Crippen molar-refractivity contribution in [3.63, 3.8) is 0 Å². The fourth-order valence-electron chi connectivity index (χ4n) is 2.15. The predicted molar refractivity (Wildman–Crippen MR) is 77.6 cm³/mol. The van der Waals surface area contributed by atoms with Crippen molar-refractivity contribution >= 4 is 17.3 Å². The summed E-state index contributed by atoms with van der Waals surface area (Å²) in [7, 11) is 0. The molecule has 1 heterocycles. The summed E-state index contributed by atoms with van der Waals surface area (Å²) >= 11 is 5.89. The zero-order chi connectivity index (χ0) is 13.2. The number of benzene rings is 2. The molecule has 0 saturated heterocycles. The molecule has 3 heteroatoms. The van der Waals surface area contributed by atoms with Crippen LogP contribution in [0.25, 0.3) is 0 Å². The molecule has 0 radical (unpaired) electrons. The van der Waals surface area contributed by atoms with E-state index in [4.69, 9.17) is 16.4 Å². The standard InChI is InChI=1S/C16H14ClNO/c1-11-2-4-13(5-3-11)16-10-15(18-19-16)12-6-8-14(17)9-7-12/h2-9,16H,10H2,1H3. The molecule has 2 nitrogen and oxygen atoms in total. The van der Waals surface area contributed by atoms with Crippen molar-refractivity contribution in [2.75, 3.05) is 0 Å². The molecule has 0 fully saturated rings. The number of nitrogens with zero attached hydrogens (tertiary/aromatic N) is 1. The molecule has 1 unspecified atom stereocenters. The van der Waals surface area contributed by atoms with Crippen LogP contribution in [0.2, 0.25) is 5.02 Å². The van der Waals surface area contributed by atoms with Crippen molar-refractivity contribution in [2.24, 2.45) is 5.16 Å². The van der Waals surface area contributed by atoms with Crippen molar-refractivity contribution in [3.8, 4) is 0 Å². The highest BCUT2D eigenvalue weighted by Crippen LogP contribution is 2.29. The molecule has 0 spiro atoms. The summed E-state index contributed by atoms with van der Waals surface area (Å²) in [4.78, 5) is 5.53. The van der Waals surface area contributed by atoms with Crippen molar-refractivity contribution in [2.45, 2.75) is 19.4 Å². The monoisotopic (exact) mass is 271 g/mol. The van der Waals surface area contributed by atoms with Gasteiger partial charge in [0.1, 0.15) is 0 Å². The molecule has 1 atom stereocenters. The van der Waals surface area contributed by atoms with E-state index in [9.17, 15) is 0 Å². The Labute approximate surface area is 117 Å². The Kier molecular flexibility index (Phi) is 3.26. The number of oxime groups is 1. The lowest BCUT2D eigenvalue weighted by Crippen LogP contribution is -2.01. The van der Waals surface area contributed by atoms with Crippen LogP contribution in [0.1, 0.15) is 29.2 Å². The minimum atomic E-state index is 0.0197. The average molecular weight is 272 g/mol. The van der Waals surface area contributed by atoms with E-state index >= 15 is 0 Å². The lowest BCUT2D eigenvalue weighted by molar-refractivity contribution is 0.0857. The summed E-state index contributed by atoms with van der Waals surface area (Å²) in [6.07, 6.45) is 0.816. The normalized spacial score (nSPS) is 18.0. The summed E-state index contributed by atoms with van der Waals surface area (Å²) in [6.45, 7) is 2.08. The van der Waals surface area contributed by atoms with Gasteiger partial charge in [0.25, 0.3) is 0 Å². The molecule has 2 aromatic rings. The third-order valence-electron chi connectivity index (χ3n) is 3.30. The largest absolute Gasteiger partial charge is 0.387 e. The second-order valence-corrected chi connectivity index (χ2v) is 5.19. The van der Waals surface area contributed by atoms with Crippen LogP contribution < -0.4 is 0 Å². The summed E-state index contributed by atoms with van der Waals surface area (Å²) in [5.41, 5.74) is 4.46. The van der Waals surface area contributed by atoms with E-state index in [1.807, 2.05) is 24.3 Å². The van der Waals surface area contributed by atoms with Gasteiger partial charge in [0.05, 0.1) is 5.71 Å². The zero-order valence-electron chi connectivity index (χ0n) is 10.6. The van der Waals surface area contributed by atoms with Crippen LogP contribution in [0.3, 0.4) is 0 Å². The van der Waals surface area contributed by atoms with Crippen LogP contribution in [0.15, 0.2) is 53.7 Å². The highest BCUT2D eigenvalue weighted by molar-refractivity contribution is 6.30. The summed E-state index contributed by atoms with van der Waals surface area (Å²) in [6, 6.07) is 16.1. The number of aryl methyl sites for hydroxylation is 1. The van der Waals surface area contributed by atoms with E-state index < -0.39 is 0 Å². The van der Waals surface area contributed by atoms with Gasteiger partial charge in [0, 0.05) is 11.4 Å². The Morgan fingerprint density at radius 1 is 1.05 bits per heavy atom. The van der Waals surface area contributed by atoms with Gasteiger partial charge in [-0.05, 0) is 30.2 Å². The van der Waals surface area contributed by atoms with Crippen LogP contribution >= 0.6 is 11.6 Å². The van der Waals surface area contributed by atoms with Gasteiger partial charge in [-0.1, -0.05) is 58.7 Å². The van der Waals surface area contributed by atoms with Gasteiger partial charge in [-0.3, -0.25) is 0 Å². The van der Waals surface area contributed by atoms with E-state index in [1.165, 1.54) is 11.1 Å². The summed E-state index contributed by atoms with van der Waals surface area (Å²) < 4.78 is 0. The molecule has 0 aliphatic carbocycles.